The Labute approximate surface area is 208 Å². The minimum atomic E-state index is -3.80. The highest BCUT2D eigenvalue weighted by Crippen LogP contribution is 2.26. The molecule has 0 saturated heterocycles. The molecule has 0 aliphatic carbocycles. The van der Waals surface area contributed by atoms with E-state index in [-0.39, 0.29) is 17.9 Å². The lowest BCUT2D eigenvalue weighted by atomic mass is 9.87. The highest BCUT2D eigenvalue weighted by atomic mass is 32.2. The monoisotopic (exact) mass is 505 g/mol. The molecule has 0 radical (unpaired) electrons. The van der Waals surface area contributed by atoms with Crippen molar-refractivity contribution in [3.8, 4) is 0 Å². The number of nitrogens with one attached hydrogen (secondary N) is 1. The van der Waals surface area contributed by atoms with Gasteiger partial charge in [-0.15, -0.1) is 0 Å². The fraction of sp³-hybridized carbons (Fsp3) is 0.462. The summed E-state index contributed by atoms with van der Waals surface area (Å²) in [5, 5.41) is 2.77. The molecule has 1 N–H and O–H groups in total. The number of carbonyl (C=O) groups excluding carboxylic acids is 2. The van der Waals surface area contributed by atoms with E-state index in [1.165, 1.54) is 29.2 Å². The highest BCUT2D eigenvalue weighted by Gasteiger charge is 2.30. The van der Waals surface area contributed by atoms with Gasteiger partial charge in [0.1, 0.15) is 18.4 Å². The van der Waals surface area contributed by atoms with E-state index in [4.69, 9.17) is 0 Å². The molecule has 0 bridgehead atoms. The predicted molar refractivity (Wildman–Crippen MR) is 137 cm³/mol. The molecule has 9 heteroatoms. The second-order valence-electron chi connectivity index (χ2n) is 9.68. The number of sulfonamides is 1. The number of hydrogen-bond donors (Lipinski definition) is 1. The molecule has 1 atom stereocenters. The minimum Gasteiger partial charge on any atom is -0.354 e. The summed E-state index contributed by atoms with van der Waals surface area (Å²) in [6.45, 7) is 9.68. The normalized spacial score (nSPS) is 12.7. The maximum absolute atomic E-state index is 13.5. The molecular formula is C26H36FN3O4S. The number of hydrogen-bond acceptors (Lipinski definition) is 4. The quantitative estimate of drug-likeness (QED) is 0.532. The second kappa shape index (κ2) is 11.7. The topological polar surface area (TPSA) is 86.8 Å². The van der Waals surface area contributed by atoms with E-state index in [1.54, 1.807) is 19.1 Å². The van der Waals surface area contributed by atoms with Crippen molar-refractivity contribution in [2.24, 2.45) is 0 Å². The van der Waals surface area contributed by atoms with Crippen molar-refractivity contribution in [3.63, 3.8) is 0 Å². The van der Waals surface area contributed by atoms with Gasteiger partial charge in [-0.3, -0.25) is 13.9 Å². The third-order valence-electron chi connectivity index (χ3n) is 5.68. The van der Waals surface area contributed by atoms with Gasteiger partial charge in [0, 0.05) is 13.1 Å². The van der Waals surface area contributed by atoms with Crippen LogP contribution in [-0.2, 0) is 31.6 Å². The Morgan fingerprint density at radius 3 is 2.09 bits per heavy atom. The van der Waals surface area contributed by atoms with E-state index >= 15 is 0 Å². The predicted octanol–water partition coefficient (Wildman–Crippen LogP) is 3.83. The van der Waals surface area contributed by atoms with Gasteiger partial charge in [-0.25, -0.2) is 12.8 Å². The largest absolute Gasteiger partial charge is 0.354 e. The van der Waals surface area contributed by atoms with E-state index in [9.17, 15) is 22.4 Å². The Morgan fingerprint density at radius 1 is 1.03 bits per heavy atom. The average molecular weight is 506 g/mol. The van der Waals surface area contributed by atoms with Crippen LogP contribution in [0.2, 0.25) is 0 Å². The summed E-state index contributed by atoms with van der Waals surface area (Å²) < 4.78 is 39.7. The van der Waals surface area contributed by atoms with Crippen molar-refractivity contribution in [2.45, 2.75) is 59.0 Å². The number of halogens is 1. The SMILES string of the molecule is CCCNC(=O)[C@H](C)N(Cc1ccc(F)cc1)C(=O)CN(c1ccc(C(C)(C)C)cc1)S(C)(=O)=O. The van der Waals surface area contributed by atoms with E-state index in [2.05, 4.69) is 26.1 Å². The molecule has 2 amide bonds. The lowest BCUT2D eigenvalue weighted by molar-refractivity contribution is -0.139. The molecule has 0 heterocycles. The molecule has 35 heavy (non-hydrogen) atoms. The van der Waals surface area contributed by atoms with Gasteiger partial charge >= 0.3 is 0 Å². The highest BCUT2D eigenvalue weighted by molar-refractivity contribution is 7.92. The third kappa shape index (κ3) is 8.06. The summed E-state index contributed by atoms with van der Waals surface area (Å²) in [5.74, 6) is -1.30. The molecule has 2 rings (SSSR count). The number of carbonyl (C=O) groups is 2. The van der Waals surface area contributed by atoms with Crippen LogP contribution in [0.4, 0.5) is 10.1 Å². The van der Waals surface area contributed by atoms with Crippen molar-refractivity contribution in [3.05, 3.63) is 65.5 Å². The number of rotatable bonds is 10. The fourth-order valence-corrected chi connectivity index (χ4v) is 4.36. The van der Waals surface area contributed by atoms with Crippen molar-refractivity contribution in [2.75, 3.05) is 23.7 Å². The van der Waals surface area contributed by atoms with Crippen molar-refractivity contribution >= 4 is 27.5 Å². The van der Waals surface area contributed by atoms with Gasteiger partial charge in [-0.2, -0.15) is 0 Å². The summed E-state index contributed by atoms with van der Waals surface area (Å²) in [4.78, 5) is 27.5. The van der Waals surface area contributed by atoms with Crippen LogP contribution in [0.5, 0.6) is 0 Å². The number of nitrogens with zero attached hydrogens (tertiary/aromatic N) is 2. The van der Waals surface area contributed by atoms with Crippen molar-refractivity contribution < 1.29 is 22.4 Å². The first kappa shape index (κ1) is 28.3. The lowest BCUT2D eigenvalue weighted by Gasteiger charge is -2.31. The number of amides is 2. The van der Waals surface area contributed by atoms with Crippen LogP contribution in [-0.4, -0.2) is 50.5 Å². The Morgan fingerprint density at radius 2 is 1.60 bits per heavy atom. The molecule has 0 unspecified atom stereocenters. The van der Waals surface area contributed by atoms with Gasteiger partial charge in [0.25, 0.3) is 0 Å². The Bertz CT molecular complexity index is 1110. The maximum Gasteiger partial charge on any atom is 0.244 e. The molecule has 7 nitrogen and oxygen atoms in total. The van der Waals surface area contributed by atoms with Gasteiger partial charge in [0.05, 0.1) is 11.9 Å². The van der Waals surface area contributed by atoms with Crippen LogP contribution in [0.25, 0.3) is 0 Å². The maximum atomic E-state index is 13.5. The van der Waals surface area contributed by atoms with Crippen molar-refractivity contribution in [1.82, 2.24) is 10.2 Å². The molecule has 0 aliphatic heterocycles. The van der Waals surface area contributed by atoms with Gasteiger partial charge in [0.2, 0.25) is 21.8 Å². The zero-order chi connectivity index (χ0) is 26.4. The Hall–Kier alpha value is -2.94. The fourth-order valence-electron chi connectivity index (χ4n) is 3.51. The van der Waals surface area contributed by atoms with Gasteiger partial charge in [-0.1, -0.05) is 52.0 Å². The van der Waals surface area contributed by atoms with E-state index in [0.717, 1.165) is 22.5 Å². The van der Waals surface area contributed by atoms with Gasteiger partial charge in [-0.05, 0) is 54.2 Å². The lowest BCUT2D eigenvalue weighted by Crippen LogP contribution is -2.51. The molecule has 2 aromatic rings. The molecule has 0 fully saturated rings. The minimum absolute atomic E-state index is 0.0282. The smallest absolute Gasteiger partial charge is 0.244 e. The summed E-state index contributed by atoms with van der Waals surface area (Å²) in [7, 11) is -3.80. The molecule has 0 aliphatic rings. The molecule has 0 spiro atoms. The zero-order valence-corrected chi connectivity index (χ0v) is 22.2. The summed E-state index contributed by atoms with van der Waals surface area (Å²) in [6.07, 6.45) is 1.77. The van der Waals surface area contributed by atoms with E-state index in [0.29, 0.717) is 17.8 Å². The molecular weight excluding hydrogens is 469 g/mol. The van der Waals surface area contributed by atoms with Crippen molar-refractivity contribution in [1.29, 1.82) is 0 Å². The Balaban J connectivity index is 2.37. The number of anilines is 1. The van der Waals surface area contributed by atoms with Crippen LogP contribution in [0.15, 0.2) is 48.5 Å². The van der Waals surface area contributed by atoms with E-state index < -0.39 is 34.3 Å². The molecule has 0 saturated carbocycles. The van der Waals surface area contributed by atoms with Crippen LogP contribution in [0.1, 0.15) is 52.2 Å². The van der Waals surface area contributed by atoms with Crippen LogP contribution >= 0.6 is 0 Å². The second-order valence-corrected chi connectivity index (χ2v) is 11.6. The van der Waals surface area contributed by atoms with Crippen LogP contribution in [0, 0.1) is 5.82 Å². The standard InChI is InChI=1S/C26H36FN3O4S/c1-7-16-28-25(32)19(2)29(17-20-8-12-22(27)13-9-20)24(31)18-30(35(6,33)34)23-14-10-21(11-15-23)26(3,4)5/h8-15,19H,7,16-18H2,1-6H3,(H,28,32)/t19-/m0/s1. The first-order valence-corrected chi connectivity index (χ1v) is 13.5. The number of benzene rings is 2. The first-order chi connectivity index (χ1) is 16.2. The molecule has 192 valence electrons. The third-order valence-corrected chi connectivity index (χ3v) is 6.82. The summed E-state index contributed by atoms with van der Waals surface area (Å²) in [6, 6.07) is 11.8. The average Bonchev–Trinajstić information content (AvgIpc) is 2.78. The summed E-state index contributed by atoms with van der Waals surface area (Å²) in [5.41, 5.74) is 1.89. The van der Waals surface area contributed by atoms with Gasteiger partial charge in [0.15, 0.2) is 0 Å². The Kier molecular flexibility index (Phi) is 9.43. The van der Waals surface area contributed by atoms with Crippen LogP contribution < -0.4 is 9.62 Å². The van der Waals surface area contributed by atoms with Crippen LogP contribution in [0.3, 0.4) is 0 Å². The van der Waals surface area contributed by atoms with Gasteiger partial charge < -0.3 is 10.2 Å². The molecule has 0 aromatic heterocycles. The molecule has 2 aromatic carbocycles. The zero-order valence-electron chi connectivity index (χ0n) is 21.3. The summed E-state index contributed by atoms with van der Waals surface area (Å²) >= 11 is 0. The van der Waals surface area contributed by atoms with E-state index in [1.807, 2.05) is 19.1 Å². The first-order valence-electron chi connectivity index (χ1n) is 11.6.